The summed E-state index contributed by atoms with van der Waals surface area (Å²) in [7, 11) is -0.865. The largest absolute Gasteiger partial charge is 0.367 e. The number of likely N-dealkylation sites (tertiary alicyclic amines) is 1. The van der Waals surface area contributed by atoms with Gasteiger partial charge in [-0.15, -0.1) is 0 Å². The van der Waals surface area contributed by atoms with Crippen molar-refractivity contribution in [2.75, 3.05) is 39.3 Å². The maximum atomic E-state index is 13.4. The summed E-state index contributed by atoms with van der Waals surface area (Å²) in [4.78, 5) is 17.9. The highest BCUT2D eigenvalue weighted by Crippen LogP contribution is 2.47. The van der Waals surface area contributed by atoms with Crippen molar-refractivity contribution >= 4 is 39.9 Å². The van der Waals surface area contributed by atoms with E-state index in [0.717, 1.165) is 70.1 Å². The average molecular weight is 576 g/mol. The van der Waals surface area contributed by atoms with Gasteiger partial charge in [-0.3, -0.25) is 9.00 Å². The molecule has 38 heavy (non-hydrogen) atoms. The number of hydrogen-bond donors (Lipinski definition) is 0. The molecule has 1 saturated carbocycles. The molecule has 3 fully saturated rings. The number of rotatable bonds is 5. The Labute approximate surface area is 238 Å². The van der Waals surface area contributed by atoms with Crippen LogP contribution in [0.15, 0.2) is 42.5 Å². The Kier molecular flexibility index (Phi) is 7.64. The molecule has 2 saturated heterocycles. The van der Waals surface area contributed by atoms with Gasteiger partial charge in [-0.05, 0) is 74.0 Å². The van der Waals surface area contributed by atoms with Crippen molar-refractivity contribution in [2.24, 2.45) is 5.92 Å². The van der Waals surface area contributed by atoms with Crippen molar-refractivity contribution in [3.8, 4) is 0 Å². The van der Waals surface area contributed by atoms with Gasteiger partial charge in [0.25, 0.3) is 0 Å². The molecule has 1 spiro atoms. The summed E-state index contributed by atoms with van der Waals surface area (Å²) >= 11 is 12.7. The number of hydrogen-bond acceptors (Lipinski definition) is 4. The molecule has 2 aromatic carbocycles. The second kappa shape index (κ2) is 10.9. The molecule has 0 N–H and O–H groups in total. The Morgan fingerprint density at radius 2 is 1.79 bits per heavy atom. The van der Waals surface area contributed by atoms with Crippen LogP contribution in [-0.2, 0) is 36.4 Å². The number of piperidine rings is 1. The fourth-order valence-corrected chi connectivity index (χ4v) is 9.31. The van der Waals surface area contributed by atoms with Gasteiger partial charge in [-0.2, -0.15) is 0 Å². The van der Waals surface area contributed by atoms with Crippen molar-refractivity contribution < 1.29 is 13.7 Å². The van der Waals surface area contributed by atoms with E-state index in [-0.39, 0.29) is 16.6 Å². The van der Waals surface area contributed by atoms with E-state index in [1.807, 2.05) is 23.1 Å². The Bertz CT molecular complexity index is 1230. The van der Waals surface area contributed by atoms with E-state index in [0.29, 0.717) is 35.5 Å². The van der Waals surface area contributed by atoms with Gasteiger partial charge in [-0.1, -0.05) is 66.4 Å². The molecule has 3 heterocycles. The first-order valence-corrected chi connectivity index (χ1v) is 16.1. The fourth-order valence-electron chi connectivity index (χ4n) is 7.12. The minimum atomic E-state index is -0.865. The van der Waals surface area contributed by atoms with Crippen molar-refractivity contribution in [3.63, 3.8) is 0 Å². The Balaban J connectivity index is 1.19. The first-order valence-electron chi connectivity index (χ1n) is 14.0. The predicted molar refractivity (Wildman–Crippen MR) is 153 cm³/mol. The van der Waals surface area contributed by atoms with Crippen LogP contribution < -0.4 is 0 Å². The molecular formula is C30H36Cl2N2O3S. The van der Waals surface area contributed by atoms with Crippen LogP contribution in [0.5, 0.6) is 0 Å². The quantitative estimate of drug-likeness (QED) is 0.447. The zero-order chi connectivity index (χ0) is 26.3. The maximum Gasteiger partial charge on any atom is 0.225 e. The lowest BCUT2D eigenvalue weighted by atomic mass is 9.85. The third kappa shape index (κ3) is 4.85. The van der Waals surface area contributed by atoms with Gasteiger partial charge >= 0.3 is 0 Å². The number of halogens is 2. The molecule has 4 aliphatic rings. The van der Waals surface area contributed by atoms with Crippen LogP contribution in [0.2, 0.25) is 10.0 Å². The Morgan fingerprint density at radius 3 is 2.55 bits per heavy atom. The van der Waals surface area contributed by atoms with Gasteiger partial charge in [0.2, 0.25) is 5.91 Å². The number of fused-ring (bicyclic) bond motifs is 2. The molecule has 204 valence electrons. The van der Waals surface area contributed by atoms with E-state index in [1.165, 1.54) is 11.1 Å². The first-order chi connectivity index (χ1) is 18.4. The van der Waals surface area contributed by atoms with Crippen LogP contribution in [-0.4, -0.2) is 59.2 Å². The van der Waals surface area contributed by atoms with Crippen LogP contribution in [0.4, 0.5) is 0 Å². The van der Waals surface area contributed by atoms with Crippen LogP contribution >= 0.6 is 23.2 Å². The molecule has 1 aliphatic carbocycles. The highest BCUT2D eigenvalue weighted by molar-refractivity contribution is 7.85. The number of morpholine rings is 1. The van der Waals surface area contributed by atoms with E-state index in [1.54, 1.807) is 0 Å². The molecule has 2 unspecified atom stereocenters. The molecule has 2 atom stereocenters. The zero-order valence-electron chi connectivity index (χ0n) is 21.8. The topological polar surface area (TPSA) is 49.9 Å². The van der Waals surface area contributed by atoms with E-state index in [4.69, 9.17) is 27.9 Å². The van der Waals surface area contributed by atoms with Gasteiger partial charge in [0.15, 0.2) is 0 Å². The van der Waals surface area contributed by atoms with Crippen molar-refractivity contribution in [2.45, 2.75) is 61.0 Å². The molecule has 1 amide bonds. The van der Waals surface area contributed by atoms with Crippen LogP contribution in [0.3, 0.4) is 0 Å². The van der Waals surface area contributed by atoms with E-state index >= 15 is 0 Å². The zero-order valence-corrected chi connectivity index (χ0v) is 24.1. The molecule has 2 aromatic rings. The van der Waals surface area contributed by atoms with Gasteiger partial charge in [0.1, 0.15) is 5.60 Å². The number of carbonyl (C=O) groups excluding carboxylic acids is 1. The summed E-state index contributed by atoms with van der Waals surface area (Å²) in [5.74, 6) is 1.10. The van der Waals surface area contributed by atoms with E-state index in [2.05, 4.69) is 29.2 Å². The normalized spacial score (nSPS) is 27.6. The van der Waals surface area contributed by atoms with E-state index < -0.39 is 16.4 Å². The average Bonchev–Trinajstić information content (AvgIpc) is 3.57. The van der Waals surface area contributed by atoms with Crippen LogP contribution in [0.1, 0.15) is 61.6 Å². The number of ether oxygens (including phenoxy) is 1. The lowest BCUT2D eigenvalue weighted by molar-refractivity contribution is -0.158. The minimum Gasteiger partial charge on any atom is -0.367 e. The number of benzene rings is 2. The summed E-state index contributed by atoms with van der Waals surface area (Å²) in [5.41, 5.74) is 2.90. The molecule has 5 nitrogen and oxygen atoms in total. The molecule has 3 aliphatic heterocycles. The standard InChI is InChI=1S/C30H36Cl2N2O3S/c31-26-10-9-24(19-27(26)32)29(21-34(17-18-37-29)28(35)22-5-1-2-6-22)11-14-33-15-12-30(13-16-33)25-8-4-3-7-23(25)20-38(30)36/h3-4,7-10,19,22H,1-2,5-6,11-18,20-21H2. The number of nitrogens with zero attached hydrogens (tertiary/aromatic N) is 2. The summed E-state index contributed by atoms with van der Waals surface area (Å²) in [5, 5.41) is 1.03. The Morgan fingerprint density at radius 1 is 1.03 bits per heavy atom. The van der Waals surface area contributed by atoms with Gasteiger partial charge in [0.05, 0.1) is 27.9 Å². The second-order valence-corrected chi connectivity index (χ2v) is 14.0. The fraction of sp³-hybridized carbons (Fsp3) is 0.567. The molecule has 0 radical (unpaired) electrons. The highest BCUT2D eigenvalue weighted by atomic mass is 35.5. The Hall–Kier alpha value is -1.44. The molecule has 6 rings (SSSR count). The second-order valence-electron chi connectivity index (χ2n) is 11.4. The summed E-state index contributed by atoms with van der Waals surface area (Å²) in [6, 6.07) is 14.2. The minimum absolute atomic E-state index is 0.146. The third-order valence-corrected chi connectivity index (χ3v) is 12.2. The third-order valence-electron chi connectivity index (χ3n) is 9.37. The van der Waals surface area contributed by atoms with Crippen molar-refractivity contribution in [1.82, 2.24) is 9.80 Å². The molecular weight excluding hydrogens is 539 g/mol. The first kappa shape index (κ1) is 26.8. The SMILES string of the molecule is O=C(C1CCCC1)N1CCOC(CCN2CCC3(CC2)c2ccccc2CS3=O)(c2ccc(Cl)c(Cl)c2)C1. The number of carbonyl (C=O) groups is 1. The smallest absolute Gasteiger partial charge is 0.225 e. The molecule has 0 bridgehead atoms. The van der Waals surface area contributed by atoms with Gasteiger partial charge in [-0.25, -0.2) is 0 Å². The lowest BCUT2D eigenvalue weighted by Gasteiger charge is -2.46. The highest BCUT2D eigenvalue weighted by Gasteiger charge is 2.47. The molecule has 8 heteroatoms. The van der Waals surface area contributed by atoms with Crippen molar-refractivity contribution in [1.29, 1.82) is 0 Å². The van der Waals surface area contributed by atoms with Crippen molar-refractivity contribution in [3.05, 3.63) is 69.2 Å². The lowest BCUT2D eigenvalue weighted by Crippen LogP contribution is -2.54. The molecule has 0 aromatic heterocycles. The summed E-state index contributed by atoms with van der Waals surface area (Å²) in [6.07, 6.45) is 6.85. The summed E-state index contributed by atoms with van der Waals surface area (Å²) < 4.78 is 19.6. The van der Waals surface area contributed by atoms with Gasteiger partial charge in [0, 0.05) is 35.6 Å². The van der Waals surface area contributed by atoms with E-state index in [9.17, 15) is 9.00 Å². The monoisotopic (exact) mass is 574 g/mol. The van der Waals surface area contributed by atoms with Gasteiger partial charge < -0.3 is 14.5 Å². The predicted octanol–water partition coefficient (Wildman–Crippen LogP) is 5.88. The number of amides is 1. The van der Waals surface area contributed by atoms with Crippen LogP contribution in [0, 0.1) is 5.92 Å². The van der Waals surface area contributed by atoms with Crippen LogP contribution in [0.25, 0.3) is 0 Å². The maximum absolute atomic E-state index is 13.4. The summed E-state index contributed by atoms with van der Waals surface area (Å²) in [6.45, 7) is 4.34.